The van der Waals surface area contributed by atoms with Crippen molar-refractivity contribution in [3.8, 4) is 5.82 Å². The summed E-state index contributed by atoms with van der Waals surface area (Å²) in [6.07, 6.45) is 2.86. The number of aromatic nitrogens is 2. The van der Waals surface area contributed by atoms with Crippen molar-refractivity contribution in [2.75, 3.05) is 26.2 Å². The minimum absolute atomic E-state index is 0. The number of piperidine rings is 1. The van der Waals surface area contributed by atoms with E-state index in [0.29, 0.717) is 19.0 Å². The van der Waals surface area contributed by atoms with Gasteiger partial charge in [-0.2, -0.15) is 0 Å². The molecule has 150 valence electrons. The van der Waals surface area contributed by atoms with Crippen LogP contribution in [0.25, 0.3) is 5.82 Å². The third-order valence-corrected chi connectivity index (χ3v) is 4.94. The van der Waals surface area contributed by atoms with E-state index in [2.05, 4.69) is 5.16 Å². The molecular weight excluding hydrogens is 368 g/mol. The standard InChI is InChI=1S/C19H28N4O3.ClH/c1-13-11-17(15(3)23(13)18-12-14(2)26-21-18)19(24)22-8-5-16(6-9-22)25-10-4-7-20;/h11-12,16H,4-10,20H2,1-3H3;1H. The van der Waals surface area contributed by atoms with Crippen LogP contribution in [0, 0.1) is 20.8 Å². The van der Waals surface area contributed by atoms with Crippen molar-refractivity contribution >= 4 is 18.3 Å². The van der Waals surface area contributed by atoms with Crippen molar-refractivity contribution in [2.24, 2.45) is 5.73 Å². The van der Waals surface area contributed by atoms with E-state index < -0.39 is 0 Å². The van der Waals surface area contributed by atoms with Crippen LogP contribution in [0.4, 0.5) is 0 Å². The van der Waals surface area contributed by atoms with Gasteiger partial charge in [0, 0.05) is 37.2 Å². The molecule has 0 unspecified atom stereocenters. The third kappa shape index (κ3) is 4.72. The van der Waals surface area contributed by atoms with Crippen LogP contribution < -0.4 is 5.73 Å². The smallest absolute Gasteiger partial charge is 0.255 e. The van der Waals surface area contributed by atoms with E-state index in [1.54, 1.807) is 0 Å². The summed E-state index contributed by atoms with van der Waals surface area (Å²) in [4.78, 5) is 14.9. The van der Waals surface area contributed by atoms with Crippen LogP contribution in [0.3, 0.4) is 0 Å². The molecule has 0 aromatic carbocycles. The number of likely N-dealkylation sites (tertiary alicyclic amines) is 1. The molecule has 0 atom stereocenters. The van der Waals surface area contributed by atoms with Crippen LogP contribution in [0.2, 0.25) is 0 Å². The van der Waals surface area contributed by atoms with Crippen molar-refractivity contribution in [3.63, 3.8) is 0 Å². The summed E-state index contributed by atoms with van der Waals surface area (Å²) in [7, 11) is 0. The maximum Gasteiger partial charge on any atom is 0.255 e. The normalized spacial score (nSPS) is 15.0. The average Bonchev–Trinajstić information content (AvgIpc) is 3.18. The molecular formula is C19H29ClN4O3. The molecule has 1 aliphatic rings. The third-order valence-electron chi connectivity index (χ3n) is 4.94. The average molecular weight is 397 g/mol. The lowest BCUT2D eigenvalue weighted by Crippen LogP contribution is -2.41. The zero-order valence-corrected chi connectivity index (χ0v) is 17.1. The molecule has 8 heteroatoms. The van der Waals surface area contributed by atoms with Crippen LogP contribution in [-0.4, -0.2) is 52.9 Å². The van der Waals surface area contributed by atoms with Gasteiger partial charge in [0.2, 0.25) is 0 Å². The molecule has 0 spiro atoms. The molecule has 1 amide bonds. The Hall–Kier alpha value is -1.83. The lowest BCUT2D eigenvalue weighted by molar-refractivity contribution is 0.00843. The number of carbonyl (C=O) groups is 1. The highest BCUT2D eigenvalue weighted by atomic mass is 35.5. The summed E-state index contributed by atoms with van der Waals surface area (Å²) in [5.74, 6) is 1.53. The second-order valence-corrected chi connectivity index (χ2v) is 6.92. The molecule has 0 bridgehead atoms. The first-order valence-electron chi connectivity index (χ1n) is 9.25. The van der Waals surface area contributed by atoms with Gasteiger partial charge in [0.1, 0.15) is 5.76 Å². The van der Waals surface area contributed by atoms with Gasteiger partial charge >= 0.3 is 0 Å². The molecule has 7 nitrogen and oxygen atoms in total. The fraction of sp³-hybridized carbons (Fsp3) is 0.579. The number of hydrogen-bond acceptors (Lipinski definition) is 5. The molecule has 3 heterocycles. The fourth-order valence-electron chi connectivity index (χ4n) is 3.52. The van der Waals surface area contributed by atoms with Crippen LogP contribution in [0.1, 0.15) is 46.8 Å². The number of carbonyl (C=O) groups excluding carboxylic acids is 1. The maximum absolute atomic E-state index is 13.0. The maximum atomic E-state index is 13.0. The zero-order chi connectivity index (χ0) is 18.7. The fourth-order valence-corrected chi connectivity index (χ4v) is 3.52. The molecule has 1 aliphatic heterocycles. The van der Waals surface area contributed by atoms with Crippen molar-refractivity contribution in [1.82, 2.24) is 14.6 Å². The Morgan fingerprint density at radius 2 is 2.00 bits per heavy atom. The molecule has 1 fully saturated rings. The van der Waals surface area contributed by atoms with Crippen LogP contribution >= 0.6 is 12.4 Å². The number of rotatable bonds is 6. The quantitative estimate of drug-likeness (QED) is 0.758. The Morgan fingerprint density at radius 3 is 2.59 bits per heavy atom. The van der Waals surface area contributed by atoms with Gasteiger partial charge in [-0.15, -0.1) is 12.4 Å². The Balaban J connectivity index is 0.00000261. The molecule has 1 saturated heterocycles. The number of ether oxygens (including phenoxy) is 1. The van der Waals surface area contributed by atoms with Gasteiger partial charge in [0.15, 0.2) is 5.82 Å². The second kappa shape index (κ2) is 9.39. The first kappa shape index (κ1) is 21.5. The minimum Gasteiger partial charge on any atom is -0.378 e. The monoisotopic (exact) mass is 396 g/mol. The summed E-state index contributed by atoms with van der Waals surface area (Å²) in [6, 6.07) is 3.81. The van der Waals surface area contributed by atoms with Gasteiger partial charge in [-0.25, -0.2) is 0 Å². The molecule has 0 aliphatic carbocycles. The van der Waals surface area contributed by atoms with Gasteiger partial charge in [-0.3, -0.25) is 9.36 Å². The van der Waals surface area contributed by atoms with Crippen molar-refractivity contribution < 1.29 is 14.1 Å². The predicted octanol–water partition coefficient (Wildman–Crippen LogP) is 2.78. The van der Waals surface area contributed by atoms with Crippen LogP contribution in [-0.2, 0) is 4.74 Å². The highest BCUT2D eigenvalue weighted by Crippen LogP contribution is 2.24. The van der Waals surface area contributed by atoms with Crippen molar-refractivity contribution in [3.05, 3.63) is 34.8 Å². The molecule has 0 saturated carbocycles. The molecule has 27 heavy (non-hydrogen) atoms. The zero-order valence-electron chi connectivity index (χ0n) is 16.2. The van der Waals surface area contributed by atoms with E-state index in [9.17, 15) is 4.79 Å². The summed E-state index contributed by atoms with van der Waals surface area (Å²) in [5.41, 5.74) is 8.09. The first-order valence-corrected chi connectivity index (χ1v) is 9.25. The van der Waals surface area contributed by atoms with E-state index in [1.165, 1.54) is 0 Å². The topological polar surface area (TPSA) is 86.5 Å². The van der Waals surface area contributed by atoms with Gasteiger partial charge in [0.25, 0.3) is 5.91 Å². The molecule has 3 rings (SSSR count). The van der Waals surface area contributed by atoms with E-state index in [1.807, 2.05) is 42.4 Å². The van der Waals surface area contributed by atoms with E-state index in [4.69, 9.17) is 15.0 Å². The summed E-state index contributed by atoms with van der Waals surface area (Å²) >= 11 is 0. The summed E-state index contributed by atoms with van der Waals surface area (Å²) in [6.45, 7) is 8.58. The highest BCUT2D eigenvalue weighted by Gasteiger charge is 2.27. The van der Waals surface area contributed by atoms with Crippen LogP contribution in [0.15, 0.2) is 16.7 Å². The minimum atomic E-state index is 0. The van der Waals surface area contributed by atoms with Crippen LogP contribution in [0.5, 0.6) is 0 Å². The molecule has 0 radical (unpaired) electrons. The van der Waals surface area contributed by atoms with E-state index in [-0.39, 0.29) is 24.4 Å². The first-order chi connectivity index (χ1) is 12.5. The second-order valence-electron chi connectivity index (χ2n) is 6.92. The summed E-state index contributed by atoms with van der Waals surface area (Å²) in [5, 5.41) is 4.08. The number of aryl methyl sites for hydroxylation is 2. The largest absolute Gasteiger partial charge is 0.378 e. The number of hydrogen-bond donors (Lipinski definition) is 1. The lowest BCUT2D eigenvalue weighted by atomic mass is 10.1. The lowest BCUT2D eigenvalue weighted by Gasteiger charge is -2.32. The van der Waals surface area contributed by atoms with Crippen molar-refractivity contribution in [2.45, 2.75) is 46.1 Å². The Bertz CT molecular complexity index is 763. The number of halogens is 1. The highest BCUT2D eigenvalue weighted by molar-refractivity contribution is 5.96. The van der Waals surface area contributed by atoms with E-state index >= 15 is 0 Å². The predicted molar refractivity (Wildman–Crippen MR) is 106 cm³/mol. The Kier molecular flexibility index (Phi) is 7.47. The molecule has 2 aromatic rings. The number of nitrogens with two attached hydrogens (primary N) is 1. The Labute approximate surface area is 166 Å². The molecule has 2 aromatic heterocycles. The Morgan fingerprint density at radius 1 is 1.30 bits per heavy atom. The number of amides is 1. The van der Waals surface area contributed by atoms with Gasteiger partial charge < -0.3 is 19.9 Å². The van der Waals surface area contributed by atoms with E-state index in [0.717, 1.165) is 55.1 Å². The summed E-state index contributed by atoms with van der Waals surface area (Å²) < 4.78 is 13.0. The number of nitrogens with zero attached hydrogens (tertiary/aromatic N) is 3. The SMILES string of the molecule is Cc1cc(-n2c(C)cc(C(=O)N3CCC(OCCCN)CC3)c2C)no1.Cl. The van der Waals surface area contributed by atoms with Gasteiger partial charge in [-0.05, 0) is 52.6 Å². The van der Waals surface area contributed by atoms with Gasteiger partial charge in [0.05, 0.1) is 11.7 Å². The van der Waals surface area contributed by atoms with Crippen molar-refractivity contribution in [1.29, 1.82) is 0 Å². The van der Waals surface area contributed by atoms with Gasteiger partial charge in [-0.1, -0.05) is 5.16 Å². The molecule has 2 N–H and O–H groups in total.